The highest BCUT2D eigenvalue weighted by molar-refractivity contribution is 7.22. The van der Waals surface area contributed by atoms with E-state index in [1.165, 1.54) is 22.7 Å². The summed E-state index contributed by atoms with van der Waals surface area (Å²) >= 11 is 3.02. The van der Waals surface area contributed by atoms with Gasteiger partial charge >= 0.3 is 0 Å². The molecule has 0 fully saturated rings. The number of aryl methyl sites for hydroxylation is 1. The minimum Gasteiger partial charge on any atom is -0.375 e. The topological polar surface area (TPSA) is 82.0 Å². The maximum atomic E-state index is 5.73. The molecular formula is C12H10N6S2. The highest BCUT2D eigenvalue weighted by atomic mass is 32.1. The molecule has 6 nitrogen and oxygen atoms in total. The molecule has 0 aliphatic rings. The molecule has 8 heteroatoms. The Morgan fingerprint density at radius 1 is 1.25 bits per heavy atom. The standard InChI is InChI=1S/C12H10N6S2/c1-2-9-15-16-12-18(9)17-10(20-12)6-3-4-7-8(5-6)19-11(13)14-7/h3-5H,2H2,1H3,(H2,13,14). The molecular weight excluding hydrogens is 292 g/mol. The van der Waals surface area contributed by atoms with Gasteiger partial charge in [-0.25, -0.2) is 4.98 Å². The zero-order valence-corrected chi connectivity index (χ0v) is 12.2. The van der Waals surface area contributed by atoms with Gasteiger partial charge in [-0.05, 0) is 18.2 Å². The van der Waals surface area contributed by atoms with Crippen molar-refractivity contribution >= 4 is 43.0 Å². The molecule has 0 saturated heterocycles. The molecule has 0 atom stereocenters. The SMILES string of the molecule is CCc1nnc2sc(-c3ccc4nc(N)sc4c3)nn12. The number of benzene rings is 1. The molecule has 0 amide bonds. The fraction of sp³-hybridized carbons (Fsp3) is 0.167. The summed E-state index contributed by atoms with van der Waals surface area (Å²) in [7, 11) is 0. The summed E-state index contributed by atoms with van der Waals surface area (Å²) < 4.78 is 2.88. The van der Waals surface area contributed by atoms with E-state index in [4.69, 9.17) is 5.73 Å². The average molecular weight is 302 g/mol. The van der Waals surface area contributed by atoms with Gasteiger partial charge in [0.25, 0.3) is 0 Å². The fourth-order valence-electron chi connectivity index (χ4n) is 2.07. The van der Waals surface area contributed by atoms with Crippen LogP contribution in [-0.2, 0) is 6.42 Å². The summed E-state index contributed by atoms with van der Waals surface area (Å²) in [6.45, 7) is 2.04. The van der Waals surface area contributed by atoms with Crippen molar-refractivity contribution in [3.8, 4) is 10.6 Å². The third-order valence-electron chi connectivity index (χ3n) is 3.02. The molecule has 0 bridgehead atoms. The average Bonchev–Trinajstić information content (AvgIpc) is 3.08. The summed E-state index contributed by atoms with van der Waals surface area (Å²) in [5, 5.41) is 14.3. The number of aromatic nitrogens is 5. The number of anilines is 1. The molecule has 4 aromatic rings. The number of nitrogen functional groups attached to an aromatic ring is 1. The highest BCUT2D eigenvalue weighted by Crippen LogP contribution is 2.31. The van der Waals surface area contributed by atoms with Crippen LogP contribution in [-0.4, -0.2) is 24.8 Å². The molecule has 2 N–H and O–H groups in total. The van der Waals surface area contributed by atoms with E-state index in [1.807, 2.05) is 23.6 Å². The van der Waals surface area contributed by atoms with Gasteiger partial charge in [0.15, 0.2) is 11.0 Å². The van der Waals surface area contributed by atoms with Gasteiger partial charge in [0.2, 0.25) is 4.96 Å². The molecule has 20 heavy (non-hydrogen) atoms. The summed E-state index contributed by atoms with van der Waals surface area (Å²) in [5.74, 6) is 0.880. The highest BCUT2D eigenvalue weighted by Gasteiger charge is 2.12. The van der Waals surface area contributed by atoms with Gasteiger partial charge in [-0.3, -0.25) is 0 Å². The van der Waals surface area contributed by atoms with Gasteiger partial charge in [-0.15, -0.1) is 10.2 Å². The van der Waals surface area contributed by atoms with Crippen molar-refractivity contribution < 1.29 is 0 Å². The summed E-state index contributed by atoms with van der Waals surface area (Å²) in [6.07, 6.45) is 0.814. The lowest BCUT2D eigenvalue weighted by molar-refractivity contribution is 0.838. The lowest BCUT2D eigenvalue weighted by Crippen LogP contribution is -1.93. The van der Waals surface area contributed by atoms with Crippen LogP contribution < -0.4 is 5.73 Å². The van der Waals surface area contributed by atoms with Crippen molar-refractivity contribution in [1.82, 2.24) is 24.8 Å². The van der Waals surface area contributed by atoms with Crippen LogP contribution in [0.2, 0.25) is 0 Å². The van der Waals surface area contributed by atoms with E-state index in [-0.39, 0.29) is 0 Å². The first-order valence-corrected chi connectivity index (χ1v) is 7.75. The van der Waals surface area contributed by atoms with Crippen molar-refractivity contribution in [3.63, 3.8) is 0 Å². The Labute approximate surface area is 121 Å². The number of nitrogens with two attached hydrogens (primary N) is 1. The molecule has 4 rings (SSSR count). The van der Waals surface area contributed by atoms with Crippen LogP contribution in [0.5, 0.6) is 0 Å². The third-order valence-corrected chi connectivity index (χ3v) is 4.82. The summed E-state index contributed by atoms with van der Waals surface area (Å²) in [5.41, 5.74) is 7.71. The van der Waals surface area contributed by atoms with Crippen molar-refractivity contribution in [2.75, 3.05) is 5.73 Å². The zero-order chi connectivity index (χ0) is 13.7. The molecule has 3 aromatic heterocycles. The Balaban J connectivity index is 1.88. The second kappa shape index (κ2) is 4.22. The molecule has 0 radical (unpaired) electrons. The van der Waals surface area contributed by atoms with Gasteiger partial charge in [-0.1, -0.05) is 29.6 Å². The van der Waals surface area contributed by atoms with Crippen molar-refractivity contribution in [1.29, 1.82) is 0 Å². The summed E-state index contributed by atoms with van der Waals surface area (Å²) in [6, 6.07) is 6.06. The third kappa shape index (κ3) is 1.69. The normalized spacial score (nSPS) is 11.7. The molecule has 0 saturated carbocycles. The lowest BCUT2D eigenvalue weighted by atomic mass is 10.2. The Morgan fingerprint density at radius 3 is 3.00 bits per heavy atom. The van der Waals surface area contributed by atoms with E-state index in [2.05, 4.69) is 26.3 Å². The largest absolute Gasteiger partial charge is 0.375 e. The first-order chi connectivity index (χ1) is 9.74. The molecule has 0 aliphatic heterocycles. The number of nitrogens with zero attached hydrogens (tertiary/aromatic N) is 5. The molecule has 100 valence electrons. The first kappa shape index (κ1) is 11.7. The van der Waals surface area contributed by atoms with Gasteiger partial charge in [0.05, 0.1) is 10.2 Å². The zero-order valence-electron chi connectivity index (χ0n) is 10.6. The molecule has 3 heterocycles. The Morgan fingerprint density at radius 2 is 2.15 bits per heavy atom. The first-order valence-electron chi connectivity index (χ1n) is 6.12. The second-order valence-electron chi connectivity index (χ2n) is 4.31. The fourth-order valence-corrected chi connectivity index (χ4v) is 3.70. The lowest BCUT2D eigenvalue weighted by Gasteiger charge is -1.95. The predicted octanol–water partition coefficient (Wildman–Crippen LogP) is 2.61. The van der Waals surface area contributed by atoms with Gasteiger partial charge < -0.3 is 5.73 Å². The van der Waals surface area contributed by atoms with Gasteiger partial charge in [0, 0.05) is 12.0 Å². The number of hydrogen-bond acceptors (Lipinski definition) is 7. The summed E-state index contributed by atoms with van der Waals surface area (Å²) in [4.78, 5) is 5.08. The van der Waals surface area contributed by atoms with Crippen LogP contribution in [0.1, 0.15) is 12.7 Å². The smallest absolute Gasteiger partial charge is 0.234 e. The van der Waals surface area contributed by atoms with E-state index >= 15 is 0 Å². The minimum absolute atomic E-state index is 0.587. The van der Waals surface area contributed by atoms with E-state index in [9.17, 15) is 0 Å². The monoisotopic (exact) mass is 302 g/mol. The van der Waals surface area contributed by atoms with E-state index in [1.54, 1.807) is 0 Å². The second-order valence-corrected chi connectivity index (χ2v) is 6.32. The van der Waals surface area contributed by atoms with Crippen LogP contribution in [0, 0.1) is 0 Å². The maximum Gasteiger partial charge on any atom is 0.234 e. The number of thiazole rings is 1. The van der Waals surface area contributed by atoms with Gasteiger partial charge in [0.1, 0.15) is 5.01 Å². The molecule has 1 aromatic carbocycles. The van der Waals surface area contributed by atoms with Crippen molar-refractivity contribution in [2.45, 2.75) is 13.3 Å². The number of hydrogen-bond donors (Lipinski definition) is 1. The van der Waals surface area contributed by atoms with E-state index < -0.39 is 0 Å². The Hall–Kier alpha value is -2.06. The van der Waals surface area contributed by atoms with Crippen molar-refractivity contribution in [3.05, 3.63) is 24.0 Å². The molecule has 0 unspecified atom stereocenters. The molecule has 0 spiro atoms. The van der Waals surface area contributed by atoms with Crippen LogP contribution in [0.15, 0.2) is 18.2 Å². The number of rotatable bonds is 2. The van der Waals surface area contributed by atoms with Crippen LogP contribution in [0.3, 0.4) is 0 Å². The van der Waals surface area contributed by atoms with Crippen LogP contribution in [0.4, 0.5) is 5.13 Å². The quantitative estimate of drug-likeness (QED) is 0.615. The molecule has 0 aliphatic carbocycles. The minimum atomic E-state index is 0.587. The predicted molar refractivity (Wildman–Crippen MR) is 81.1 cm³/mol. The van der Waals surface area contributed by atoms with Crippen molar-refractivity contribution in [2.24, 2.45) is 0 Å². The van der Waals surface area contributed by atoms with Crippen LogP contribution >= 0.6 is 22.7 Å². The van der Waals surface area contributed by atoms with E-state index in [0.717, 1.165) is 38.0 Å². The Bertz CT molecular complexity index is 919. The Kier molecular flexibility index (Phi) is 2.48. The van der Waals surface area contributed by atoms with Crippen LogP contribution in [0.25, 0.3) is 25.7 Å². The van der Waals surface area contributed by atoms with E-state index in [0.29, 0.717) is 5.13 Å². The van der Waals surface area contributed by atoms with Gasteiger partial charge in [-0.2, -0.15) is 9.61 Å². The number of fused-ring (bicyclic) bond motifs is 2. The maximum absolute atomic E-state index is 5.73.